The summed E-state index contributed by atoms with van der Waals surface area (Å²) in [4.78, 5) is 4.83. The Balaban J connectivity index is 2.53. The normalized spacial score (nSPS) is 10.6. The van der Waals surface area contributed by atoms with Gasteiger partial charge in [-0.15, -0.1) is 0 Å². The van der Waals surface area contributed by atoms with Crippen LogP contribution in [-0.2, 0) is 4.84 Å². The maximum Gasteiger partial charge on any atom is 0.132 e. The van der Waals surface area contributed by atoms with E-state index in [1.807, 2.05) is 6.92 Å². The summed E-state index contributed by atoms with van der Waals surface area (Å²) in [5.74, 6) is -0.341. The highest BCUT2D eigenvalue weighted by molar-refractivity contribution is 5.79. The zero-order chi connectivity index (χ0) is 9.52. The fourth-order valence-corrected chi connectivity index (χ4v) is 0.765. The zero-order valence-electron chi connectivity index (χ0n) is 7.46. The molecule has 0 aliphatic carbocycles. The lowest BCUT2D eigenvalue weighted by Gasteiger charge is -1.95. The van der Waals surface area contributed by atoms with Crippen molar-refractivity contribution < 1.29 is 9.23 Å². The van der Waals surface area contributed by atoms with Gasteiger partial charge in [-0.25, -0.2) is 4.39 Å². The molecule has 0 unspecified atom stereocenters. The van der Waals surface area contributed by atoms with E-state index in [1.165, 1.54) is 12.3 Å². The molecule has 0 bridgehead atoms. The second kappa shape index (κ2) is 5.30. The molecular formula is C10H11FNO. The van der Waals surface area contributed by atoms with Crippen LogP contribution in [0.1, 0.15) is 18.9 Å². The van der Waals surface area contributed by atoms with Crippen molar-refractivity contribution in [3.05, 3.63) is 35.6 Å². The van der Waals surface area contributed by atoms with Gasteiger partial charge >= 0.3 is 0 Å². The van der Waals surface area contributed by atoms with Gasteiger partial charge in [-0.2, -0.15) is 0 Å². The van der Waals surface area contributed by atoms with Crippen molar-refractivity contribution in [3.8, 4) is 0 Å². The quantitative estimate of drug-likeness (QED) is 0.396. The van der Waals surface area contributed by atoms with Gasteiger partial charge in [0.1, 0.15) is 12.4 Å². The fourth-order valence-electron chi connectivity index (χ4n) is 0.765. The smallest absolute Gasteiger partial charge is 0.132 e. The van der Waals surface area contributed by atoms with Crippen LogP contribution in [0.25, 0.3) is 0 Å². The summed E-state index contributed by atoms with van der Waals surface area (Å²) in [5, 5.41) is 3.61. The van der Waals surface area contributed by atoms with Gasteiger partial charge in [0, 0.05) is 5.56 Å². The number of rotatable bonds is 4. The van der Waals surface area contributed by atoms with Crippen LogP contribution in [0.4, 0.5) is 4.39 Å². The monoisotopic (exact) mass is 180 g/mol. The van der Waals surface area contributed by atoms with E-state index in [-0.39, 0.29) is 5.82 Å². The van der Waals surface area contributed by atoms with Gasteiger partial charge in [-0.3, -0.25) is 0 Å². The third kappa shape index (κ3) is 3.23. The number of oxime groups is 1. The van der Waals surface area contributed by atoms with Crippen LogP contribution >= 0.6 is 0 Å². The van der Waals surface area contributed by atoms with E-state index in [0.717, 1.165) is 6.42 Å². The van der Waals surface area contributed by atoms with Gasteiger partial charge in [-0.1, -0.05) is 18.1 Å². The lowest BCUT2D eigenvalue weighted by Crippen LogP contribution is -1.89. The number of benzene rings is 1. The molecule has 69 valence electrons. The van der Waals surface area contributed by atoms with Crippen LogP contribution in [0, 0.1) is 11.9 Å². The first-order valence-corrected chi connectivity index (χ1v) is 4.15. The summed E-state index contributed by atoms with van der Waals surface area (Å²) < 4.78 is 12.9. The van der Waals surface area contributed by atoms with Gasteiger partial charge in [0.2, 0.25) is 0 Å². The van der Waals surface area contributed by atoms with E-state index in [1.54, 1.807) is 12.1 Å². The summed E-state index contributed by atoms with van der Waals surface area (Å²) in [6, 6.07) is 7.11. The summed E-state index contributed by atoms with van der Waals surface area (Å²) in [6.07, 6.45) is 2.25. The van der Waals surface area contributed by atoms with Crippen molar-refractivity contribution >= 4 is 6.21 Å². The Kier molecular flexibility index (Phi) is 3.96. The number of nitrogens with zero attached hydrogens (tertiary/aromatic N) is 1. The van der Waals surface area contributed by atoms with Crippen LogP contribution in [-0.4, -0.2) is 12.8 Å². The second-order valence-corrected chi connectivity index (χ2v) is 2.52. The number of hydrogen-bond acceptors (Lipinski definition) is 2. The molecule has 0 N–H and O–H groups in total. The van der Waals surface area contributed by atoms with Crippen LogP contribution in [0.2, 0.25) is 0 Å². The van der Waals surface area contributed by atoms with Gasteiger partial charge < -0.3 is 4.84 Å². The van der Waals surface area contributed by atoms with Crippen LogP contribution < -0.4 is 0 Å². The van der Waals surface area contributed by atoms with E-state index in [4.69, 9.17) is 4.84 Å². The summed E-state index contributed by atoms with van der Waals surface area (Å²) in [5.41, 5.74) is 0.412. The second-order valence-electron chi connectivity index (χ2n) is 2.52. The molecule has 0 aliphatic rings. The minimum absolute atomic E-state index is 0.341. The Labute approximate surface area is 77.0 Å². The molecule has 0 atom stereocenters. The van der Waals surface area contributed by atoms with Crippen LogP contribution in [0.3, 0.4) is 0 Å². The summed E-state index contributed by atoms with van der Waals surface area (Å²) in [6.45, 7) is 2.53. The zero-order valence-corrected chi connectivity index (χ0v) is 7.46. The van der Waals surface area contributed by atoms with E-state index < -0.39 is 0 Å². The largest absolute Gasteiger partial charge is 0.396 e. The van der Waals surface area contributed by atoms with Crippen molar-refractivity contribution in [1.29, 1.82) is 0 Å². The molecule has 0 spiro atoms. The topological polar surface area (TPSA) is 21.6 Å². The molecule has 1 aromatic carbocycles. The average Bonchev–Trinajstić information content (AvgIpc) is 2.15. The first-order chi connectivity index (χ1) is 6.34. The molecule has 0 amide bonds. The third-order valence-electron chi connectivity index (χ3n) is 1.41. The number of halogens is 1. The average molecular weight is 180 g/mol. The molecule has 0 saturated carbocycles. The Bertz CT molecular complexity index is 286. The molecule has 0 aliphatic heterocycles. The van der Waals surface area contributed by atoms with Crippen molar-refractivity contribution in [3.63, 3.8) is 0 Å². The Morgan fingerprint density at radius 2 is 2.54 bits per heavy atom. The van der Waals surface area contributed by atoms with Crippen molar-refractivity contribution in [2.24, 2.45) is 5.16 Å². The fraction of sp³-hybridized carbons (Fsp3) is 0.300. The molecule has 2 nitrogen and oxygen atoms in total. The third-order valence-corrected chi connectivity index (χ3v) is 1.41. The number of hydrogen-bond donors (Lipinski definition) is 0. The SMILES string of the molecule is CCCO/N=C/c1cc[c]cc1F. The maximum atomic E-state index is 12.9. The van der Waals surface area contributed by atoms with Crippen molar-refractivity contribution in [2.45, 2.75) is 13.3 Å². The molecule has 1 radical (unpaired) electrons. The minimum atomic E-state index is -0.341. The Morgan fingerprint density at radius 3 is 3.23 bits per heavy atom. The maximum absolute atomic E-state index is 12.9. The molecule has 1 rings (SSSR count). The van der Waals surface area contributed by atoms with Crippen LogP contribution in [0.5, 0.6) is 0 Å². The highest BCUT2D eigenvalue weighted by atomic mass is 19.1. The molecule has 13 heavy (non-hydrogen) atoms. The van der Waals surface area contributed by atoms with Crippen LogP contribution in [0.15, 0.2) is 23.4 Å². The van der Waals surface area contributed by atoms with E-state index in [0.29, 0.717) is 12.2 Å². The lowest BCUT2D eigenvalue weighted by atomic mass is 10.2. The molecule has 0 fully saturated rings. The lowest BCUT2D eigenvalue weighted by molar-refractivity contribution is 0.146. The minimum Gasteiger partial charge on any atom is -0.396 e. The van der Waals surface area contributed by atoms with Gasteiger partial charge in [-0.05, 0) is 24.6 Å². The van der Waals surface area contributed by atoms with E-state index >= 15 is 0 Å². The predicted molar refractivity (Wildman–Crippen MR) is 49.1 cm³/mol. The van der Waals surface area contributed by atoms with Gasteiger partial charge in [0.25, 0.3) is 0 Å². The highest BCUT2D eigenvalue weighted by Gasteiger charge is 1.95. The first kappa shape index (κ1) is 9.71. The summed E-state index contributed by atoms with van der Waals surface area (Å²) in [7, 11) is 0. The first-order valence-electron chi connectivity index (χ1n) is 4.15. The molecular weight excluding hydrogens is 169 g/mol. The van der Waals surface area contributed by atoms with E-state index in [2.05, 4.69) is 11.2 Å². The van der Waals surface area contributed by atoms with Gasteiger partial charge in [0.05, 0.1) is 6.21 Å². The molecule has 3 heteroatoms. The molecule has 1 aromatic rings. The summed E-state index contributed by atoms with van der Waals surface area (Å²) >= 11 is 0. The Hall–Kier alpha value is -1.38. The highest BCUT2D eigenvalue weighted by Crippen LogP contribution is 2.02. The van der Waals surface area contributed by atoms with Gasteiger partial charge in [0.15, 0.2) is 0 Å². The van der Waals surface area contributed by atoms with E-state index in [9.17, 15) is 4.39 Å². The molecule has 0 aromatic heterocycles. The molecule has 0 saturated heterocycles. The Morgan fingerprint density at radius 1 is 1.69 bits per heavy atom. The van der Waals surface area contributed by atoms with Crippen molar-refractivity contribution in [1.82, 2.24) is 0 Å². The standard InChI is InChI=1S/C10H11FNO/c1-2-7-13-12-8-9-5-3-4-6-10(9)11/h3,5-6,8H,2,7H2,1H3/b12-8+. The predicted octanol–water partition coefficient (Wildman–Crippen LogP) is 2.39. The molecule has 0 heterocycles. The van der Waals surface area contributed by atoms with Crippen molar-refractivity contribution in [2.75, 3.05) is 6.61 Å².